The van der Waals surface area contributed by atoms with Gasteiger partial charge in [0.1, 0.15) is 18.1 Å². The summed E-state index contributed by atoms with van der Waals surface area (Å²) >= 11 is 1.52. The third-order valence-electron chi connectivity index (χ3n) is 5.24. The molecule has 0 saturated heterocycles. The monoisotopic (exact) mass is 525 g/mol. The van der Waals surface area contributed by atoms with Crippen molar-refractivity contribution in [3.05, 3.63) is 35.9 Å². The largest absolute Gasteiger partial charge is 0.480 e. The normalized spacial score (nSPS) is 15.0. The van der Waals surface area contributed by atoms with Gasteiger partial charge in [0, 0.05) is 12.8 Å². The summed E-state index contributed by atoms with van der Waals surface area (Å²) in [5, 5.41) is 26.6. The SMILES string of the molecule is CSCCC(N)C(=O)NC(Cc1ccccc1)C(=O)NC(C(=O)NC(CCC(N)=O)C(=O)O)C(C)O. The van der Waals surface area contributed by atoms with Gasteiger partial charge in [-0.3, -0.25) is 19.2 Å². The molecule has 36 heavy (non-hydrogen) atoms. The van der Waals surface area contributed by atoms with Gasteiger partial charge in [-0.05, 0) is 37.3 Å². The first-order valence-corrected chi connectivity index (χ1v) is 12.7. The quantitative estimate of drug-likeness (QED) is 0.133. The molecule has 0 saturated carbocycles. The van der Waals surface area contributed by atoms with E-state index in [0.29, 0.717) is 12.2 Å². The van der Waals surface area contributed by atoms with Crippen molar-refractivity contribution in [1.82, 2.24) is 16.0 Å². The lowest BCUT2D eigenvalue weighted by Crippen LogP contribution is -2.60. The average molecular weight is 526 g/mol. The fourth-order valence-electron chi connectivity index (χ4n) is 3.18. The number of nitrogens with two attached hydrogens (primary N) is 2. The molecule has 0 aromatic heterocycles. The van der Waals surface area contributed by atoms with Gasteiger partial charge in [-0.25, -0.2) is 4.79 Å². The number of carboxylic acid groups (broad SMARTS) is 1. The molecule has 12 nitrogen and oxygen atoms in total. The van der Waals surface area contributed by atoms with Crippen molar-refractivity contribution in [3.8, 4) is 0 Å². The number of nitrogens with one attached hydrogen (secondary N) is 3. The van der Waals surface area contributed by atoms with Crippen molar-refractivity contribution < 1.29 is 34.2 Å². The highest BCUT2D eigenvalue weighted by Gasteiger charge is 2.32. The van der Waals surface area contributed by atoms with Gasteiger partial charge in [0.2, 0.25) is 23.6 Å². The van der Waals surface area contributed by atoms with Crippen LogP contribution >= 0.6 is 11.8 Å². The second-order valence-corrected chi connectivity index (χ2v) is 9.26. The molecule has 0 fully saturated rings. The number of carbonyl (C=O) groups is 5. The predicted molar refractivity (Wildman–Crippen MR) is 135 cm³/mol. The molecule has 0 aliphatic rings. The van der Waals surface area contributed by atoms with Gasteiger partial charge in [0.05, 0.1) is 12.1 Å². The molecular formula is C23H35N5O7S. The van der Waals surface area contributed by atoms with Gasteiger partial charge in [-0.2, -0.15) is 11.8 Å². The number of aliphatic carboxylic acids is 1. The van der Waals surface area contributed by atoms with Crippen molar-refractivity contribution in [2.75, 3.05) is 12.0 Å². The van der Waals surface area contributed by atoms with Crippen LogP contribution in [0.15, 0.2) is 30.3 Å². The van der Waals surface area contributed by atoms with Gasteiger partial charge in [-0.1, -0.05) is 30.3 Å². The highest BCUT2D eigenvalue weighted by atomic mass is 32.2. The molecule has 13 heteroatoms. The molecule has 4 amide bonds. The number of carboxylic acids is 1. The predicted octanol–water partition coefficient (Wildman–Crippen LogP) is -1.51. The Bertz CT molecular complexity index is 900. The summed E-state index contributed by atoms with van der Waals surface area (Å²) in [6.45, 7) is 1.24. The highest BCUT2D eigenvalue weighted by molar-refractivity contribution is 7.98. The van der Waals surface area contributed by atoms with Crippen LogP contribution in [-0.2, 0) is 30.4 Å². The molecule has 0 bridgehead atoms. The maximum Gasteiger partial charge on any atom is 0.326 e. The first-order valence-electron chi connectivity index (χ1n) is 11.3. The van der Waals surface area contributed by atoms with E-state index in [9.17, 15) is 34.2 Å². The zero-order chi connectivity index (χ0) is 27.3. The van der Waals surface area contributed by atoms with Crippen LogP contribution in [0.2, 0.25) is 0 Å². The Morgan fingerprint density at radius 3 is 2.08 bits per heavy atom. The molecule has 0 aliphatic heterocycles. The first kappa shape index (κ1) is 30.9. The molecule has 0 radical (unpaired) electrons. The Morgan fingerprint density at radius 2 is 1.56 bits per heavy atom. The lowest BCUT2D eigenvalue weighted by atomic mass is 10.0. The van der Waals surface area contributed by atoms with Gasteiger partial charge < -0.3 is 37.6 Å². The summed E-state index contributed by atoms with van der Waals surface area (Å²) in [6, 6.07) is 3.87. The van der Waals surface area contributed by atoms with Crippen molar-refractivity contribution in [3.63, 3.8) is 0 Å². The van der Waals surface area contributed by atoms with Crippen LogP contribution in [0.1, 0.15) is 31.7 Å². The molecule has 5 atom stereocenters. The van der Waals surface area contributed by atoms with Crippen molar-refractivity contribution in [2.24, 2.45) is 11.5 Å². The maximum atomic E-state index is 13.1. The minimum Gasteiger partial charge on any atom is -0.480 e. The average Bonchev–Trinajstić information content (AvgIpc) is 2.82. The number of hydrogen-bond donors (Lipinski definition) is 7. The van der Waals surface area contributed by atoms with Crippen molar-refractivity contribution >= 4 is 41.4 Å². The molecule has 1 aromatic carbocycles. The molecule has 1 aromatic rings. The van der Waals surface area contributed by atoms with E-state index in [1.807, 2.05) is 6.26 Å². The standard InChI is InChI=1S/C23H35N5O7S/c1-13(29)19(22(33)26-16(23(34)35)8-9-18(25)30)28-21(32)17(12-14-6-4-3-5-7-14)27-20(31)15(24)10-11-36-2/h3-7,13,15-17,19,29H,8-12,24H2,1-2H3,(H2,25,30)(H,26,33)(H,27,31)(H,28,32)(H,34,35). The molecule has 0 spiro atoms. The Hall–Kier alpha value is -3.16. The van der Waals surface area contributed by atoms with Crippen LogP contribution in [0, 0.1) is 0 Å². The molecule has 200 valence electrons. The minimum absolute atomic E-state index is 0.0815. The molecule has 0 heterocycles. The van der Waals surface area contributed by atoms with Crippen LogP contribution in [-0.4, -0.2) is 82.1 Å². The van der Waals surface area contributed by atoms with Crippen molar-refractivity contribution in [1.29, 1.82) is 0 Å². The van der Waals surface area contributed by atoms with Crippen LogP contribution < -0.4 is 27.4 Å². The van der Waals surface area contributed by atoms with E-state index in [1.165, 1.54) is 18.7 Å². The number of aliphatic hydroxyl groups excluding tert-OH is 1. The summed E-state index contributed by atoms with van der Waals surface area (Å²) in [5.74, 6) is -3.80. The summed E-state index contributed by atoms with van der Waals surface area (Å²) < 4.78 is 0. The molecule has 9 N–H and O–H groups in total. The lowest BCUT2D eigenvalue weighted by Gasteiger charge is -2.26. The van der Waals surface area contributed by atoms with Gasteiger partial charge in [-0.15, -0.1) is 0 Å². The Balaban J connectivity index is 3.03. The Labute approximate surface area is 213 Å². The molecular weight excluding hydrogens is 490 g/mol. The molecule has 0 aliphatic carbocycles. The highest BCUT2D eigenvalue weighted by Crippen LogP contribution is 2.07. The number of thioether (sulfide) groups is 1. The molecule has 5 unspecified atom stereocenters. The number of amides is 4. The number of benzene rings is 1. The smallest absolute Gasteiger partial charge is 0.326 e. The number of primary amides is 1. The number of hydrogen-bond acceptors (Lipinski definition) is 8. The second-order valence-electron chi connectivity index (χ2n) is 8.27. The second kappa shape index (κ2) is 15.8. The first-order chi connectivity index (χ1) is 17.0. The lowest BCUT2D eigenvalue weighted by molar-refractivity contribution is -0.143. The fraction of sp³-hybridized carbons (Fsp3) is 0.522. The Kier molecular flexibility index (Phi) is 13.5. The zero-order valence-corrected chi connectivity index (χ0v) is 21.1. The van der Waals surface area contributed by atoms with E-state index < -0.39 is 59.9 Å². The van der Waals surface area contributed by atoms with E-state index >= 15 is 0 Å². The van der Waals surface area contributed by atoms with E-state index in [1.54, 1.807) is 30.3 Å². The third-order valence-corrected chi connectivity index (χ3v) is 5.89. The number of carbonyl (C=O) groups excluding carboxylic acids is 4. The summed E-state index contributed by atoms with van der Waals surface area (Å²) in [6.07, 6.45) is 0.394. The number of rotatable bonds is 16. The van der Waals surface area contributed by atoms with Crippen LogP contribution in [0.25, 0.3) is 0 Å². The summed E-state index contributed by atoms with van der Waals surface area (Å²) in [5.41, 5.74) is 11.7. The van der Waals surface area contributed by atoms with E-state index in [2.05, 4.69) is 16.0 Å². The molecule has 1 rings (SSSR count). The van der Waals surface area contributed by atoms with Crippen LogP contribution in [0.4, 0.5) is 0 Å². The van der Waals surface area contributed by atoms with E-state index in [4.69, 9.17) is 11.5 Å². The number of aliphatic hydroxyl groups is 1. The van der Waals surface area contributed by atoms with Crippen LogP contribution in [0.3, 0.4) is 0 Å². The van der Waals surface area contributed by atoms with Crippen LogP contribution in [0.5, 0.6) is 0 Å². The van der Waals surface area contributed by atoms with Gasteiger partial charge in [0.25, 0.3) is 0 Å². The van der Waals surface area contributed by atoms with Gasteiger partial charge in [0.15, 0.2) is 0 Å². The Morgan fingerprint density at radius 1 is 0.944 bits per heavy atom. The van der Waals surface area contributed by atoms with E-state index in [-0.39, 0.29) is 19.3 Å². The summed E-state index contributed by atoms with van der Waals surface area (Å²) in [4.78, 5) is 60.9. The zero-order valence-electron chi connectivity index (χ0n) is 20.3. The summed E-state index contributed by atoms with van der Waals surface area (Å²) in [7, 11) is 0. The van der Waals surface area contributed by atoms with Crippen molar-refractivity contribution in [2.45, 2.75) is 62.9 Å². The maximum absolute atomic E-state index is 13.1. The van der Waals surface area contributed by atoms with Gasteiger partial charge >= 0.3 is 5.97 Å². The minimum atomic E-state index is -1.53. The fourth-order valence-corrected chi connectivity index (χ4v) is 3.67. The third kappa shape index (κ3) is 11.1. The topological polar surface area (TPSA) is 214 Å². The van der Waals surface area contributed by atoms with E-state index in [0.717, 1.165) is 5.56 Å².